The van der Waals surface area contributed by atoms with Crippen molar-refractivity contribution in [3.8, 4) is 0 Å². The Bertz CT molecular complexity index is 136. The van der Waals surface area contributed by atoms with Crippen LogP contribution in [0, 0.1) is 0 Å². The van der Waals surface area contributed by atoms with Gasteiger partial charge in [-0.05, 0) is 14.0 Å². The lowest BCUT2D eigenvalue weighted by Crippen LogP contribution is -2.33. The zero-order valence-corrected chi connectivity index (χ0v) is 6.96. The second-order valence-corrected chi connectivity index (χ2v) is 2.38. The zero-order valence-electron chi connectivity index (χ0n) is 6.96. The maximum absolute atomic E-state index is 10.6. The van der Waals surface area contributed by atoms with E-state index in [2.05, 4.69) is 5.32 Å². The minimum absolute atomic E-state index is 0.00760. The maximum atomic E-state index is 10.6. The van der Waals surface area contributed by atoms with E-state index in [0.717, 1.165) is 0 Å². The van der Waals surface area contributed by atoms with E-state index >= 15 is 0 Å². The Morgan fingerprint density at radius 1 is 1.64 bits per heavy atom. The van der Waals surface area contributed by atoms with Crippen molar-refractivity contribution >= 4 is 12.2 Å². The molecule has 0 aromatic rings. The molecule has 0 aliphatic rings. The summed E-state index contributed by atoms with van der Waals surface area (Å²) in [5.74, 6) is 0.00760. The highest BCUT2D eigenvalue weighted by molar-refractivity contribution is 5.79. The van der Waals surface area contributed by atoms with Crippen LogP contribution in [0.1, 0.15) is 6.92 Å². The van der Waals surface area contributed by atoms with Crippen LogP contribution in [0.3, 0.4) is 0 Å². The molecule has 0 bridgehead atoms. The van der Waals surface area contributed by atoms with E-state index in [0.29, 0.717) is 19.5 Å². The predicted octanol–water partition coefficient (Wildman–Crippen LogP) is -0.747. The SMILES string of the molecule is CNCCN(C=O)CC(C)=O. The third-order valence-corrected chi connectivity index (χ3v) is 1.22. The molecule has 11 heavy (non-hydrogen) atoms. The lowest BCUT2D eigenvalue weighted by Gasteiger charge is -2.14. The van der Waals surface area contributed by atoms with E-state index in [4.69, 9.17) is 0 Å². The summed E-state index contributed by atoms with van der Waals surface area (Å²) < 4.78 is 0. The van der Waals surface area contributed by atoms with Crippen molar-refractivity contribution in [3.63, 3.8) is 0 Å². The lowest BCUT2D eigenvalue weighted by molar-refractivity contribution is -0.125. The molecule has 1 N–H and O–H groups in total. The van der Waals surface area contributed by atoms with Gasteiger partial charge >= 0.3 is 0 Å². The van der Waals surface area contributed by atoms with Crippen molar-refractivity contribution in [1.82, 2.24) is 10.2 Å². The van der Waals surface area contributed by atoms with E-state index in [1.165, 1.54) is 11.8 Å². The van der Waals surface area contributed by atoms with Crippen LogP contribution in [0.15, 0.2) is 0 Å². The number of Topliss-reactive ketones (excluding diaryl/α,β-unsaturated/α-hetero) is 1. The molecule has 64 valence electrons. The maximum Gasteiger partial charge on any atom is 0.210 e. The van der Waals surface area contributed by atoms with Crippen LogP contribution in [0.5, 0.6) is 0 Å². The Hall–Kier alpha value is -0.900. The number of nitrogens with zero attached hydrogens (tertiary/aromatic N) is 1. The predicted molar refractivity (Wildman–Crippen MR) is 42.2 cm³/mol. The van der Waals surface area contributed by atoms with Crippen molar-refractivity contribution in [3.05, 3.63) is 0 Å². The van der Waals surface area contributed by atoms with Crippen molar-refractivity contribution in [2.24, 2.45) is 0 Å². The van der Waals surface area contributed by atoms with Gasteiger partial charge in [0.2, 0.25) is 6.41 Å². The summed E-state index contributed by atoms with van der Waals surface area (Å²) in [5.41, 5.74) is 0. The van der Waals surface area contributed by atoms with Crippen LogP contribution in [-0.4, -0.2) is 43.8 Å². The normalized spacial score (nSPS) is 9.27. The Balaban J connectivity index is 3.57. The molecule has 0 fully saturated rings. The van der Waals surface area contributed by atoms with Crippen molar-refractivity contribution in [1.29, 1.82) is 0 Å². The van der Waals surface area contributed by atoms with Gasteiger partial charge in [0.1, 0.15) is 5.78 Å². The van der Waals surface area contributed by atoms with E-state index in [1.54, 1.807) is 7.05 Å². The fourth-order valence-electron chi connectivity index (χ4n) is 0.710. The zero-order chi connectivity index (χ0) is 8.69. The summed E-state index contributed by atoms with van der Waals surface area (Å²) in [7, 11) is 1.80. The number of ketones is 1. The number of amides is 1. The summed E-state index contributed by atoms with van der Waals surface area (Å²) in [5, 5.41) is 2.89. The largest absolute Gasteiger partial charge is 0.337 e. The molecule has 4 heteroatoms. The average molecular weight is 158 g/mol. The summed E-state index contributed by atoms with van der Waals surface area (Å²) in [6.45, 7) is 2.98. The first kappa shape index (κ1) is 10.1. The molecular formula is C7H14N2O2. The van der Waals surface area contributed by atoms with Crippen LogP contribution in [0.4, 0.5) is 0 Å². The Labute approximate surface area is 66.6 Å². The van der Waals surface area contributed by atoms with Gasteiger partial charge in [0.05, 0.1) is 6.54 Å². The Kier molecular flexibility index (Phi) is 5.37. The molecular weight excluding hydrogens is 144 g/mol. The number of carbonyl (C=O) groups is 2. The van der Waals surface area contributed by atoms with Gasteiger partial charge in [-0.15, -0.1) is 0 Å². The fourth-order valence-corrected chi connectivity index (χ4v) is 0.710. The number of hydrogen-bond donors (Lipinski definition) is 1. The summed E-state index contributed by atoms with van der Waals surface area (Å²) in [6.07, 6.45) is 0.693. The van der Waals surface area contributed by atoms with Gasteiger partial charge in [0.15, 0.2) is 0 Å². The van der Waals surface area contributed by atoms with Crippen LogP contribution < -0.4 is 5.32 Å². The number of hydrogen-bond acceptors (Lipinski definition) is 3. The van der Waals surface area contributed by atoms with Gasteiger partial charge in [-0.25, -0.2) is 0 Å². The molecule has 0 aliphatic carbocycles. The van der Waals surface area contributed by atoms with Gasteiger partial charge in [0.25, 0.3) is 0 Å². The summed E-state index contributed by atoms with van der Waals surface area (Å²) >= 11 is 0. The number of rotatable bonds is 6. The van der Waals surface area contributed by atoms with E-state index in [1.807, 2.05) is 0 Å². The van der Waals surface area contributed by atoms with Crippen LogP contribution in [0.2, 0.25) is 0 Å². The first-order chi connectivity index (χ1) is 5.20. The Morgan fingerprint density at radius 3 is 2.64 bits per heavy atom. The molecule has 0 atom stereocenters. The first-order valence-corrected chi connectivity index (χ1v) is 3.54. The third-order valence-electron chi connectivity index (χ3n) is 1.22. The lowest BCUT2D eigenvalue weighted by atomic mass is 10.4. The molecule has 0 saturated carbocycles. The minimum atomic E-state index is 0.00760. The first-order valence-electron chi connectivity index (χ1n) is 3.54. The van der Waals surface area contributed by atoms with Crippen LogP contribution in [-0.2, 0) is 9.59 Å². The molecule has 0 saturated heterocycles. The summed E-state index contributed by atoms with van der Waals surface area (Å²) in [4.78, 5) is 22.3. The van der Waals surface area contributed by atoms with Gasteiger partial charge < -0.3 is 10.2 Å². The smallest absolute Gasteiger partial charge is 0.210 e. The minimum Gasteiger partial charge on any atom is -0.337 e. The number of nitrogens with one attached hydrogen (secondary N) is 1. The molecule has 4 nitrogen and oxygen atoms in total. The number of carbonyl (C=O) groups excluding carboxylic acids is 2. The molecule has 0 rings (SSSR count). The Morgan fingerprint density at radius 2 is 2.27 bits per heavy atom. The highest BCUT2D eigenvalue weighted by Crippen LogP contribution is 1.81. The highest BCUT2D eigenvalue weighted by Gasteiger charge is 2.02. The monoisotopic (exact) mass is 158 g/mol. The molecule has 1 amide bonds. The molecule has 0 aromatic carbocycles. The fraction of sp³-hybridized carbons (Fsp3) is 0.714. The van der Waals surface area contributed by atoms with Gasteiger partial charge in [-0.3, -0.25) is 9.59 Å². The van der Waals surface area contributed by atoms with Gasteiger partial charge in [-0.2, -0.15) is 0 Å². The molecule has 0 radical (unpaired) electrons. The van der Waals surface area contributed by atoms with E-state index < -0.39 is 0 Å². The second kappa shape index (κ2) is 5.85. The second-order valence-electron chi connectivity index (χ2n) is 2.38. The van der Waals surface area contributed by atoms with Crippen LogP contribution in [0.25, 0.3) is 0 Å². The quantitative estimate of drug-likeness (QED) is 0.518. The van der Waals surface area contributed by atoms with Crippen LogP contribution >= 0.6 is 0 Å². The van der Waals surface area contributed by atoms with E-state index in [-0.39, 0.29) is 12.3 Å². The highest BCUT2D eigenvalue weighted by atomic mass is 16.1. The molecule has 0 aliphatic heterocycles. The van der Waals surface area contributed by atoms with Gasteiger partial charge in [-0.1, -0.05) is 0 Å². The van der Waals surface area contributed by atoms with Crippen molar-refractivity contribution in [2.75, 3.05) is 26.7 Å². The number of likely N-dealkylation sites (N-methyl/N-ethyl adjacent to an activating group) is 1. The van der Waals surface area contributed by atoms with Gasteiger partial charge in [0, 0.05) is 13.1 Å². The third kappa shape index (κ3) is 5.54. The standard InChI is InChI=1S/C7H14N2O2/c1-7(11)5-9(6-10)4-3-8-2/h6,8H,3-5H2,1-2H3. The average Bonchev–Trinajstić information content (AvgIpc) is 1.97. The van der Waals surface area contributed by atoms with Crippen molar-refractivity contribution < 1.29 is 9.59 Å². The molecule has 0 unspecified atom stereocenters. The topological polar surface area (TPSA) is 49.4 Å². The summed E-state index contributed by atoms with van der Waals surface area (Å²) in [6, 6.07) is 0. The molecule has 0 aromatic heterocycles. The molecule has 0 heterocycles. The van der Waals surface area contributed by atoms with E-state index in [9.17, 15) is 9.59 Å². The van der Waals surface area contributed by atoms with Crippen molar-refractivity contribution in [2.45, 2.75) is 6.92 Å². The molecule has 0 spiro atoms.